The van der Waals surface area contributed by atoms with E-state index in [9.17, 15) is 4.79 Å². The van der Waals surface area contributed by atoms with E-state index in [4.69, 9.17) is 4.74 Å². The topological polar surface area (TPSA) is 26.3 Å². The van der Waals surface area contributed by atoms with Crippen LogP contribution in [0.25, 0.3) is 0 Å². The van der Waals surface area contributed by atoms with Crippen molar-refractivity contribution in [3.63, 3.8) is 0 Å². The molecule has 0 spiro atoms. The lowest BCUT2D eigenvalue weighted by atomic mass is 10.00. The number of hydrogen-bond donors (Lipinski definition) is 0. The average Bonchev–Trinajstić information content (AvgIpc) is 2.83. The molecule has 1 aliphatic rings. The Labute approximate surface area is 141 Å². The van der Waals surface area contributed by atoms with E-state index in [1.54, 1.807) is 0 Å². The van der Waals surface area contributed by atoms with Gasteiger partial charge < -0.3 is 4.74 Å². The predicted molar refractivity (Wildman–Crippen MR) is 88.6 cm³/mol. The highest BCUT2D eigenvalue weighted by molar-refractivity contribution is 9.11. The third kappa shape index (κ3) is 2.71. The number of benzene rings is 2. The third-order valence-electron chi connectivity index (χ3n) is 3.12. The van der Waals surface area contributed by atoms with Crippen LogP contribution in [0.1, 0.15) is 21.5 Å². The number of carbonyl (C=O) groups is 1. The smallest absolute Gasteiger partial charge is 0.196 e. The summed E-state index contributed by atoms with van der Waals surface area (Å²) in [7, 11) is 0. The summed E-state index contributed by atoms with van der Waals surface area (Å²) >= 11 is 10.3. The zero-order chi connectivity index (χ0) is 14.3. The molecule has 0 amide bonds. The molecule has 0 atom stereocenters. The van der Waals surface area contributed by atoms with Crippen molar-refractivity contribution in [1.29, 1.82) is 0 Å². The lowest BCUT2D eigenvalue weighted by Gasteiger charge is -2.09. The summed E-state index contributed by atoms with van der Waals surface area (Å²) in [4.78, 5) is 12.7. The molecule has 0 aliphatic carbocycles. The van der Waals surface area contributed by atoms with E-state index in [0.29, 0.717) is 23.5 Å². The number of fused-ring (bicyclic) bond motifs is 1. The second-order valence-corrected chi connectivity index (χ2v) is 7.27. The standard InChI is InChI=1S/C15H9Br3O2/c16-10-4-9(5-11(17)6-10)14(19)13-7-12(18)3-8-1-2-20-15(8)13/h3-7H,1-2H2. The van der Waals surface area contributed by atoms with E-state index in [2.05, 4.69) is 47.8 Å². The Morgan fingerprint density at radius 1 is 0.950 bits per heavy atom. The van der Waals surface area contributed by atoms with Gasteiger partial charge in [-0.15, -0.1) is 0 Å². The third-order valence-corrected chi connectivity index (χ3v) is 4.49. The normalized spacial score (nSPS) is 12.9. The number of rotatable bonds is 2. The zero-order valence-electron chi connectivity index (χ0n) is 10.3. The molecule has 0 radical (unpaired) electrons. The molecule has 0 bridgehead atoms. The van der Waals surface area contributed by atoms with Crippen molar-refractivity contribution in [2.75, 3.05) is 6.61 Å². The molecule has 0 fully saturated rings. The maximum atomic E-state index is 12.7. The number of hydrogen-bond acceptors (Lipinski definition) is 2. The molecule has 2 aromatic rings. The summed E-state index contributed by atoms with van der Waals surface area (Å²) < 4.78 is 8.25. The minimum absolute atomic E-state index is 0.0357. The van der Waals surface area contributed by atoms with Crippen molar-refractivity contribution in [3.05, 3.63) is 60.4 Å². The van der Waals surface area contributed by atoms with E-state index < -0.39 is 0 Å². The van der Waals surface area contributed by atoms with Gasteiger partial charge in [0.25, 0.3) is 0 Å². The zero-order valence-corrected chi connectivity index (χ0v) is 15.0. The van der Waals surface area contributed by atoms with Gasteiger partial charge in [-0.3, -0.25) is 4.79 Å². The minimum Gasteiger partial charge on any atom is -0.492 e. The van der Waals surface area contributed by atoms with Crippen molar-refractivity contribution < 1.29 is 9.53 Å². The number of ketones is 1. The minimum atomic E-state index is -0.0357. The summed E-state index contributed by atoms with van der Waals surface area (Å²) in [5, 5.41) is 0. The first-order valence-corrected chi connectivity index (χ1v) is 8.38. The number of halogens is 3. The van der Waals surface area contributed by atoms with Gasteiger partial charge in [0.15, 0.2) is 5.78 Å². The van der Waals surface area contributed by atoms with Crippen molar-refractivity contribution in [3.8, 4) is 5.75 Å². The molecule has 0 unspecified atom stereocenters. The van der Waals surface area contributed by atoms with Crippen LogP contribution in [-0.4, -0.2) is 12.4 Å². The van der Waals surface area contributed by atoms with E-state index >= 15 is 0 Å². The fourth-order valence-electron chi connectivity index (χ4n) is 2.28. The second kappa shape index (κ2) is 5.62. The molecule has 0 aromatic heterocycles. The van der Waals surface area contributed by atoms with Crippen LogP contribution in [0.3, 0.4) is 0 Å². The van der Waals surface area contributed by atoms with Gasteiger partial charge in [-0.1, -0.05) is 47.8 Å². The van der Waals surface area contributed by atoms with Crippen LogP contribution in [0.15, 0.2) is 43.7 Å². The van der Waals surface area contributed by atoms with Crippen LogP contribution in [0.4, 0.5) is 0 Å². The highest BCUT2D eigenvalue weighted by Gasteiger charge is 2.23. The van der Waals surface area contributed by atoms with Crippen LogP contribution in [0.2, 0.25) is 0 Å². The summed E-state index contributed by atoms with van der Waals surface area (Å²) in [5.41, 5.74) is 2.32. The van der Waals surface area contributed by atoms with Gasteiger partial charge in [0.2, 0.25) is 0 Å². The van der Waals surface area contributed by atoms with Crippen LogP contribution < -0.4 is 4.74 Å². The van der Waals surface area contributed by atoms with Gasteiger partial charge in [0.1, 0.15) is 5.75 Å². The second-order valence-electron chi connectivity index (χ2n) is 4.53. The number of carbonyl (C=O) groups excluding carboxylic acids is 1. The maximum Gasteiger partial charge on any atom is 0.196 e. The van der Waals surface area contributed by atoms with Crippen LogP contribution in [0.5, 0.6) is 5.75 Å². The highest BCUT2D eigenvalue weighted by atomic mass is 79.9. The molecular formula is C15H9Br3O2. The monoisotopic (exact) mass is 458 g/mol. The molecule has 0 saturated carbocycles. The molecule has 5 heteroatoms. The van der Waals surface area contributed by atoms with Gasteiger partial charge in [0, 0.05) is 25.4 Å². The molecule has 3 rings (SSSR count). The summed E-state index contributed by atoms with van der Waals surface area (Å²) in [6.07, 6.45) is 0.844. The molecule has 102 valence electrons. The molecular weight excluding hydrogens is 452 g/mol. The van der Waals surface area contributed by atoms with Crippen molar-refractivity contribution >= 4 is 53.6 Å². The first-order valence-electron chi connectivity index (χ1n) is 6.00. The van der Waals surface area contributed by atoms with Gasteiger partial charge >= 0.3 is 0 Å². The molecule has 20 heavy (non-hydrogen) atoms. The molecule has 1 heterocycles. The summed E-state index contributed by atoms with van der Waals surface area (Å²) in [5.74, 6) is 0.681. The fourth-order valence-corrected chi connectivity index (χ4v) is 4.08. The Bertz CT molecular complexity index is 690. The SMILES string of the molecule is O=C(c1cc(Br)cc(Br)c1)c1cc(Br)cc2c1OCC2. The maximum absolute atomic E-state index is 12.7. The highest BCUT2D eigenvalue weighted by Crippen LogP contribution is 2.35. The number of ether oxygens (including phenoxy) is 1. The molecule has 0 N–H and O–H groups in total. The van der Waals surface area contributed by atoms with Gasteiger partial charge in [0.05, 0.1) is 12.2 Å². The van der Waals surface area contributed by atoms with Crippen LogP contribution in [0, 0.1) is 0 Å². The van der Waals surface area contributed by atoms with Crippen LogP contribution in [-0.2, 0) is 6.42 Å². The summed E-state index contributed by atoms with van der Waals surface area (Å²) in [6.45, 7) is 0.633. The van der Waals surface area contributed by atoms with E-state index in [1.165, 1.54) is 0 Å². The van der Waals surface area contributed by atoms with Crippen molar-refractivity contribution in [2.45, 2.75) is 6.42 Å². The largest absolute Gasteiger partial charge is 0.492 e. The molecule has 2 aromatic carbocycles. The first-order chi connectivity index (χ1) is 9.54. The molecule has 0 saturated heterocycles. The predicted octanol–water partition coefficient (Wildman–Crippen LogP) is 5.14. The Morgan fingerprint density at radius 3 is 2.30 bits per heavy atom. The van der Waals surface area contributed by atoms with E-state index in [1.807, 2.05) is 30.3 Å². The Balaban J connectivity index is 2.11. The fraction of sp³-hybridized carbons (Fsp3) is 0.133. The quantitative estimate of drug-likeness (QED) is 0.580. The molecule has 2 nitrogen and oxygen atoms in total. The van der Waals surface area contributed by atoms with Gasteiger partial charge in [-0.25, -0.2) is 0 Å². The Kier molecular flexibility index (Phi) is 4.02. The lowest BCUT2D eigenvalue weighted by molar-refractivity contribution is 0.103. The van der Waals surface area contributed by atoms with Crippen LogP contribution >= 0.6 is 47.8 Å². The Hall–Kier alpha value is -0.650. The van der Waals surface area contributed by atoms with Crippen molar-refractivity contribution in [1.82, 2.24) is 0 Å². The average molecular weight is 461 g/mol. The first kappa shape index (κ1) is 14.3. The van der Waals surface area contributed by atoms with E-state index in [-0.39, 0.29) is 5.78 Å². The lowest BCUT2D eigenvalue weighted by Crippen LogP contribution is -2.04. The van der Waals surface area contributed by atoms with Gasteiger partial charge in [-0.2, -0.15) is 0 Å². The van der Waals surface area contributed by atoms with E-state index in [0.717, 1.165) is 25.4 Å². The van der Waals surface area contributed by atoms with Gasteiger partial charge in [-0.05, 0) is 35.9 Å². The summed E-state index contributed by atoms with van der Waals surface area (Å²) in [6, 6.07) is 9.36. The Morgan fingerprint density at radius 2 is 1.60 bits per heavy atom. The molecule has 1 aliphatic heterocycles. The van der Waals surface area contributed by atoms with Crippen molar-refractivity contribution in [2.24, 2.45) is 0 Å².